The summed E-state index contributed by atoms with van der Waals surface area (Å²) in [4.78, 5) is 11.0. The van der Waals surface area contributed by atoms with Crippen LogP contribution in [0.2, 0.25) is 0 Å². The highest BCUT2D eigenvalue weighted by Crippen LogP contribution is 1.91. The molecule has 0 aromatic carbocycles. The summed E-state index contributed by atoms with van der Waals surface area (Å²) in [5.41, 5.74) is 5.36. The molecule has 6 heteroatoms. The number of rotatable bonds is 3. The van der Waals surface area contributed by atoms with E-state index in [0.29, 0.717) is 6.54 Å². The first-order valence-electron chi connectivity index (χ1n) is 3.47. The number of hydrazine groups is 3. The molecule has 3 N–H and O–H groups in total. The van der Waals surface area contributed by atoms with Crippen LogP contribution in [-0.4, -0.2) is 43.3 Å². The lowest BCUT2D eigenvalue weighted by Crippen LogP contribution is -2.41. The summed E-state index contributed by atoms with van der Waals surface area (Å²) in [6, 6.07) is -0.122. The number of urea groups is 1. The number of carbonyl (C=O) groups excluding carboxylic acids is 1. The largest absolute Gasteiger partial charge is 0.348 e. The number of amides is 2. The first kappa shape index (κ1) is 8.25. The zero-order valence-corrected chi connectivity index (χ0v) is 6.72. The topological polar surface area (TPSA) is 59.6 Å². The number of carbonyl (C=O) groups is 1. The van der Waals surface area contributed by atoms with Crippen LogP contribution in [0.15, 0.2) is 0 Å². The summed E-state index contributed by atoms with van der Waals surface area (Å²) in [7, 11) is 3.58. The number of hydrogen-bond acceptors (Lipinski definition) is 4. The van der Waals surface area contributed by atoms with E-state index in [-0.39, 0.29) is 6.03 Å². The van der Waals surface area contributed by atoms with Crippen LogP contribution in [0.5, 0.6) is 0 Å². The summed E-state index contributed by atoms with van der Waals surface area (Å²) in [5.74, 6) is 0. The fourth-order valence-corrected chi connectivity index (χ4v) is 0.830. The molecule has 0 atom stereocenters. The normalized spacial score (nSPS) is 19.1. The Morgan fingerprint density at radius 3 is 2.82 bits per heavy atom. The molecular formula is C5H13N5O. The van der Waals surface area contributed by atoms with E-state index in [4.69, 9.17) is 0 Å². The predicted octanol–water partition coefficient (Wildman–Crippen LogP) is -1.50. The highest BCUT2D eigenvalue weighted by molar-refractivity contribution is 5.74. The average molecular weight is 159 g/mol. The molecule has 1 rings (SSSR count). The van der Waals surface area contributed by atoms with Gasteiger partial charge in [0.15, 0.2) is 0 Å². The minimum Gasteiger partial charge on any atom is -0.318 e. The Balaban J connectivity index is 2.29. The van der Waals surface area contributed by atoms with Gasteiger partial charge in [-0.05, 0) is 7.05 Å². The molecule has 0 aliphatic carbocycles. The third-order valence-corrected chi connectivity index (χ3v) is 1.36. The molecule has 0 saturated carbocycles. The molecule has 11 heavy (non-hydrogen) atoms. The summed E-state index contributed by atoms with van der Waals surface area (Å²) < 4.78 is 0. The predicted molar refractivity (Wildman–Crippen MR) is 40.1 cm³/mol. The fourth-order valence-electron chi connectivity index (χ4n) is 0.830. The van der Waals surface area contributed by atoms with Gasteiger partial charge in [-0.3, -0.25) is 5.43 Å². The van der Waals surface area contributed by atoms with Crippen LogP contribution < -0.4 is 16.3 Å². The average Bonchev–Trinajstić information content (AvgIpc) is 2.26. The number of likely N-dealkylation sites (N-methyl/N-ethyl adjacent to an activating group) is 1. The van der Waals surface area contributed by atoms with Gasteiger partial charge in [0.1, 0.15) is 0 Å². The summed E-state index contributed by atoms with van der Waals surface area (Å²) in [6.45, 7) is 1.42. The lowest BCUT2D eigenvalue weighted by molar-refractivity contribution is 0.133. The van der Waals surface area contributed by atoms with Gasteiger partial charge in [0, 0.05) is 13.6 Å². The van der Waals surface area contributed by atoms with E-state index in [9.17, 15) is 4.79 Å². The van der Waals surface area contributed by atoms with Gasteiger partial charge in [0.25, 0.3) is 0 Å². The molecule has 1 aliphatic heterocycles. The molecule has 1 fully saturated rings. The van der Waals surface area contributed by atoms with Crippen molar-refractivity contribution in [2.75, 3.05) is 27.2 Å². The van der Waals surface area contributed by atoms with Crippen molar-refractivity contribution in [3.63, 3.8) is 0 Å². The van der Waals surface area contributed by atoms with Crippen LogP contribution in [0.1, 0.15) is 0 Å². The van der Waals surface area contributed by atoms with E-state index < -0.39 is 0 Å². The van der Waals surface area contributed by atoms with Crippen molar-refractivity contribution in [1.29, 1.82) is 0 Å². The Morgan fingerprint density at radius 2 is 2.36 bits per heavy atom. The molecule has 2 amide bonds. The number of nitrogens with zero attached hydrogens (tertiary/aromatic N) is 2. The van der Waals surface area contributed by atoms with Gasteiger partial charge < -0.3 is 5.32 Å². The van der Waals surface area contributed by atoms with Crippen LogP contribution in [0.25, 0.3) is 0 Å². The third-order valence-electron chi connectivity index (χ3n) is 1.36. The molecule has 0 aromatic rings. The Hall–Kier alpha value is -0.850. The minimum atomic E-state index is -0.122. The Bertz CT molecular complexity index is 150. The monoisotopic (exact) mass is 159 g/mol. The minimum absolute atomic E-state index is 0.122. The van der Waals surface area contributed by atoms with Crippen LogP contribution >= 0.6 is 0 Å². The first-order valence-corrected chi connectivity index (χ1v) is 3.47. The highest BCUT2D eigenvalue weighted by atomic mass is 16.2. The summed E-state index contributed by atoms with van der Waals surface area (Å²) in [6.07, 6.45) is 0. The van der Waals surface area contributed by atoms with Crippen LogP contribution in [0, 0.1) is 0 Å². The van der Waals surface area contributed by atoms with Gasteiger partial charge >= 0.3 is 6.03 Å². The van der Waals surface area contributed by atoms with E-state index in [2.05, 4.69) is 16.3 Å². The Labute approximate surface area is 65.4 Å². The highest BCUT2D eigenvalue weighted by Gasteiger charge is 2.22. The molecule has 6 nitrogen and oxygen atoms in total. The first-order chi connectivity index (χ1) is 5.24. The molecule has 1 aliphatic rings. The fraction of sp³-hybridized carbons (Fsp3) is 0.800. The molecular weight excluding hydrogens is 146 g/mol. The smallest absolute Gasteiger partial charge is 0.318 e. The van der Waals surface area contributed by atoms with Gasteiger partial charge in [-0.1, -0.05) is 0 Å². The Morgan fingerprint density at radius 1 is 1.64 bits per heavy atom. The Kier molecular flexibility index (Phi) is 2.64. The van der Waals surface area contributed by atoms with Crippen LogP contribution in [0.3, 0.4) is 0 Å². The zero-order chi connectivity index (χ0) is 8.27. The van der Waals surface area contributed by atoms with E-state index >= 15 is 0 Å². The maximum Gasteiger partial charge on any atom is 0.348 e. The van der Waals surface area contributed by atoms with E-state index in [1.165, 1.54) is 10.1 Å². The van der Waals surface area contributed by atoms with Crippen molar-refractivity contribution < 1.29 is 4.79 Å². The molecule has 64 valence electrons. The second-order valence-corrected chi connectivity index (χ2v) is 2.33. The SMILES string of the molecule is CNCCN1NN(C)NC1=O. The van der Waals surface area contributed by atoms with Crippen molar-refractivity contribution >= 4 is 6.03 Å². The molecule has 0 bridgehead atoms. The third kappa shape index (κ3) is 2.04. The van der Waals surface area contributed by atoms with Crippen molar-refractivity contribution in [1.82, 2.24) is 26.4 Å². The van der Waals surface area contributed by atoms with E-state index in [0.717, 1.165) is 6.54 Å². The molecule has 1 heterocycles. The summed E-state index contributed by atoms with van der Waals surface area (Å²) >= 11 is 0. The second-order valence-electron chi connectivity index (χ2n) is 2.33. The van der Waals surface area contributed by atoms with Gasteiger partial charge in [0.05, 0.1) is 6.54 Å². The zero-order valence-electron chi connectivity index (χ0n) is 6.72. The van der Waals surface area contributed by atoms with Crippen LogP contribution in [-0.2, 0) is 0 Å². The van der Waals surface area contributed by atoms with E-state index in [1.54, 1.807) is 7.05 Å². The number of nitrogens with one attached hydrogen (secondary N) is 3. The van der Waals surface area contributed by atoms with Gasteiger partial charge in [-0.25, -0.2) is 9.80 Å². The second kappa shape index (κ2) is 3.51. The molecule has 0 spiro atoms. The van der Waals surface area contributed by atoms with Crippen LogP contribution in [0.4, 0.5) is 4.79 Å². The maximum absolute atomic E-state index is 11.0. The molecule has 0 aromatic heterocycles. The maximum atomic E-state index is 11.0. The van der Waals surface area contributed by atoms with Gasteiger partial charge in [-0.15, -0.1) is 10.7 Å². The standard InChI is InChI=1S/C5H13N5O/c1-6-3-4-10-5(11)7-9(2)8-10/h6,8H,3-4H2,1-2H3,(H,7,11). The number of hydrogen-bond donors (Lipinski definition) is 3. The van der Waals surface area contributed by atoms with Crippen molar-refractivity contribution in [3.8, 4) is 0 Å². The van der Waals surface area contributed by atoms with E-state index in [1.807, 2.05) is 7.05 Å². The molecule has 0 unspecified atom stereocenters. The lowest BCUT2D eigenvalue weighted by atomic mass is 10.6. The molecule has 0 radical (unpaired) electrons. The van der Waals surface area contributed by atoms with Crippen molar-refractivity contribution in [2.24, 2.45) is 0 Å². The van der Waals surface area contributed by atoms with Gasteiger partial charge in [-0.2, -0.15) is 0 Å². The van der Waals surface area contributed by atoms with Crippen molar-refractivity contribution in [2.45, 2.75) is 0 Å². The molecule has 1 saturated heterocycles. The lowest BCUT2D eigenvalue weighted by Gasteiger charge is -2.13. The van der Waals surface area contributed by atoms with Gasteiger partial charge in [0.2, 0.25) is 0 Å². The van der Waals surface area contributed by atoms with Crippen molar-refractivity contribution in [3.05, 3.63) is 0 Å². The quantitative estimate of drug-likeness (QED) is 0.469. The summed E-state index contributed by atoms with van der Waals surface area (Å²) in [5, 5.41) is 5.96.